The second kappa shape index (κ2) is 11.1. The molecular weight excluding hydrogens is 492 g/mol. The van der Waals surface area contributed by atoms with Crippen molar-refractivity contribution < 1.29 is 27.4 Å². The van der Waals surface area contributed by atoms with E-state index in [9.17, 15) is 13.2 Å². The van der Waals surface area contributed by atoms with Crippen LogP contribution in [-0.4, -0.2) is 68.9 Å². The van der Waals surface area contributed by atoms with Gasteiger partial charge in [-0.15, -0.1) is 4.41 Å². The highest BCUT2D eigenvalue weighted by molar-refractivity contribution is 7.89. The summed E-state index contributed by atoms with van der Waals surface area (Å²) < 4.78 is 47.0. The number of morpholine rings is 1. The van der Waals surface area contributed by atoms with Crippen molar-refractivity contribution >= 4 is 15.9 Å². The number of rotatable bonds is 8. The molecular formula is C28H36N2O6S. The van der Waals surface area contributed by atoms with Gasteiger partial charge in [-0.05, 0) is 55.0 Å². The van der Waals surface area contributed by atoms with Gasteiger partial charge in [0.1, 0.15) is 5.75 Å². The molecule has 0 N–H and O–H groups in total. The van der Waals surface area contributed by atoms with Gasteiger partial charge in [0, 0.05) is 32.6 Å². The molecule has 3 fully saturated rings. The van der Waals surface area contributed by atoms with Crippen LogP contribution in [0, 0.1) is 5.92 Å². The Morgan fingerprint density at radius 3 is 2.35 bits per heavy atom. The minimum absolute atomic E-state index is 0.144. The van der Waals surface area contributed by atoms with Crippen LogP contribution < -0.4 is 4.74 Å². The third kappa shape index (κ3) is 5.41. The molecule has 2 saturated heterocycles. The fraction of sp³-hybridized carbons (Fsp3) is 0.536. The van der Waals surface area contributed by atoms with E-state index < -0.39 is 21.7 Å². The lowest BCUT2D eigenvalue weighted by Gasteiger charge is -2.50. The fourth-order valence-corrected chi connectivity index (χ4v) is 7.29. The molecule has 2 aromatic carbocycles. The van der Waals surface area contributed by atoms with E-state index in [1.54, 1.807) is 36.4 Å². The fourth-order valence-electron chi connectivity index (χ4n) is 5.72. The first-order valence-corrected chi connectivity index (χ1v) is 14.6. The molecule has 0 aromatic heterocycles. The van der Waals surface area contributed by atoms with Gasteiger partial charge in [-0.3, -0.25) is 9.80 Å². The molecule has 0 unspecified atom stereocenters. The van der Waals surface area contributed by atoms with E-state index >= 15 is 0 Å². The number of ether oxygens (including phenoxy) is 3. The average Bonchev–Trinajstić information content (AvgIpc) is 3.45. The van der Waals surface area contributed by atoms with Crippen molar-refractivity contribution in [1.82, 2.24) is 9.42 Å². The van der Waals surface area contributed by atoms with Crippen LogP contribution >= 0.6 is 0 Å². The average molecular weight is 529 g/mol. The van der Waals surface area contributed by atoms with Crippen molar-refractivity contribution in [2.24, 2.45) is 5.92 Å². The normalized spacial score (nSPS) is 22.6. The standard InChI is InChI=1S/C28H36N2O6S/c1-34-25-11-13-26(14-12-25)37(32,33)29(20-23-9-5-6-10-23)30-24(19-22-7-3-2-4-8-22)21-36-28(27(30)31)15-17-35-18-16-28/h2-4,7-8,11-14,23-24H,5-6,9-10,15-21H2,1H3/t24-/m0/s1. The van der Waals surface area contributed by atoms with Gasteiger partial charge >= 0.3 is 0 Å². The molecule has 2 aromatic rings. The van der Waals surface area contributed by atoms with Gasteiger partial charge in [0.15, 0.2) is 5.60 Å². The van der Waals surface area contributed by atoms with Crippen LogP contribution in [0.15, 0.2) is 59.5 Å². The Morgan fingerprint density at radius 1 is 1.03 bits per heavy atom. The molecule has 1 spiro atoms. The highest BCUT2D eigenvalue weighted by atomic mass is 32.2. The van der Waals surface area contributed by atoms with Crippen molar-refractivity contribution in [2.75, 3.05) is 33.5 Å². The molecule has 8 nitrogen and oxygen atoms in total. The Kier molecular flexibility index (Phi) is 7.85. The minimum atomic E-state index is -4.03. The number of hydrogen-bond acceptors (Lipinski definition) is 6. The Labute approximate surface area is 219 Å². The molecule has 200 valence electrons. The van der Waals surface area contributed by atoms with Gasteiger partial charge in [-0.2, -0.15) is 0 Å². The van der Waals surface area contributed by atoms with E-state index in [0.717, 1.165) is 31.2 Å². The number of amides is 1. The first-order valence-electron chi connectivity index (χ1n) is 13.2. The van der Waals surface area contributed by atoms with Crippen LogP contribution in [0.3, 0.4) is 0 Å². The van der Waals surface area contributed by atoms with Crippen LogP contribution in [0.1, 0.15) is 44.1 Å². The van der Waals surface area contributed by atoms with Crippen molar-refractivity contribution in [3.8, 4) is 5.75 Å². The third-order valence-electron chi connectivity index (χ3n) is 7.87. The number of hydrogen-bond donors (Lipinski definition) is 0. The molecule has 2 heterocycles. The van der Waals surface area contributed by atoms with Crippen LogP contribution in [0.4, 0.5) is 0 Å². The quantitative estimate of drug-likeness (QED) is 0.518. The largest absolute Gasteiger partial charge is 0.497 e. The summed E-state index contributed by atoms with van der Waals surface area (Å²) in [5.74, 6) is 0.497. The van der Waals surface area contributed by atoms with Crippen molar-refractivity contribution in [3.63, 3.8) is 0 Å². The van der Waals surface area contributed by atoms with E-state index in [1.165, 1.54) is 4.41 Å². The SMILES string of the molecule is COc1ccc(S(=O)(=O)N(CC2CCCC2)N2C(=O)C3(CCOCC3)OC[C@@H]2Cc2ccccc2)cc1. The molecule has 1 saturated carbocycles. The van der Waals surface area contributed by atoms with Crippen LogP contribution in [0.2, 0.25) is 0 Å². The maximum Gasteiger partial charge on any atom is 0.270 e. The number of carbonyl (C=O) groups excluding carboxylic acids is 1. The van der Waals surface area contributed by atoms with E-state index in [2.05, 4.69) is 0 Å². The summed E-state index contributed by atoms with van der Waals surface area (Å²) in [6.07, 6.45) is 5.39. The lowest BCUT2D eigenvalue weighted by atomic mass is 9.89. The first kappa shape index (κ1) is 26.2. The van der Waals surface area contributed by atoms with Crippen molar-refractivity contribution in [1.29, 1.82) is 0 Å². The topological polar surface area (TPSA) is 85.4 Å². The Morgan fingerprint density at radius 2 is 1.70 bits per heavy atom. The number of nitrogens with zero attached hydrogens (tertiary/aromatic N) is 2. The summed E-state index contributed by atoms with van der Waals surface area (Å²) in [7, 11) is -2.49. The predicted molar refractivity (Wildman–Crippen MR) is 138 cm³/mol. The van der Waals surface area contributed by atoms with Gasteiger partial charge in [-0.25, -0.2) is 8.42 Å². The number of methoxy groups -OCH3 is 1. The lowest BCUT2D eigenvalue weighted by Crippen LogP contribution is -2.68. The second-order valence-corrected chi connectivity index (χ2v) is 12.1. The molecule has 1 aliphatic carbocycles. The molecule has 5 rings (SSSR count). The highest BCUT2D eigenvalue weighted by Crippen LogP contribution is 2.37. The Hall–Kier alpha value is -2.46. The van der Waals surface area contributed by atoms with E-state index in [4.69, 9.17) is 14.2 Å². The summed E-state index contributed by atoms with van der Waals surface area (Å²) in [6, 6.07) is 15.8. The summed E-state index contributed by atoms with van der Waals surface area (Å²) in [6.45, 7) is 1.37. The van der Waals surface area contributed by atoms with Gasteiger partial charge in [0.25, 0.3) is 15.9 Å². The van der Waals surface area contributed by atoms with Gasteiger partial charge < -0.3 is 14.2 Å². The zero-order valence-electron chi connectivity index (χ0n) is 21.4. The minimum Gasteiger partial charge on any atom is -0.497 e. The summed E-state index contributed by atoms with van der Waals surface area (Å²) in [5.41, 5.74) is -0.0334. The van der Waals surface area contributed by atoms with Crippen LogP contribution in [0.5, 0.6) is 5.75 Å². The zero-order valence-corrected chi connectivity index (χ0v) is 22.2. The molecule has 1 amide bonds. The summed E-state index contributed by atoms with van der Waals surface area (Å²) >= 11 is 0. The molecule has 0 bridgehead atoms. The highest BCUT2D eigenvalue weighted by Gasteiger charge is 2.53. The number of benzene rings is 2. The molecule has 1 atom stereocenters. The molecule has 37 heavy (non-hydrogen) atoms. The summed E-state index contributed by atoms with van der Waals surface area (Å²) in [5, 5.41) is 1.54. The predicted octanol–water partition coefficient (Wildman–Crippen LogP) is 3.81. The van der Waals surface area contributed by atoms with Gasteiger partial charge in [0.05, 0.1) is 24.7 Å². The molecule has 0 radical (unpaired) electrons. The number of carbonyl (C=O) groups is 1. The smallest absolute Gasteiger partial charge is 0.270 e. The monoisotopic (exact) mass is 528 g/mol. The van der Waals surface area contributed by atoms with Crippen LogP contribution in [-0.2, 0) is 30.7 Å². The molecule has 2 aliphatic heterocycles. The third-order valence-corrected chi connectivity index (χ3v) is 9.62. The zero-order chi connectivity index (χ0) is 25.9. The lowest BCUT2D eigenvalue weighted by molar-refractivity contribution is -0.211. The number of hydrazine groups is 1. The maximum atomic E-state index is 14.3. The van der Waals surface area contributed by atoms with Crippen LogP contribution in [0.25, 0.3) is 0 Å². The van der Waals surface area contributed by atoms with E-state index in [0.29, 0.717) is 38.2 Å². The van der Waals surface area contributed by atoms with Crippen molar-refractivity contribution in [2.45, 2.75) is 61.5 Å². The Bertz CT molecular complexity index is 1160. The number of sulfonamides is 1. The van der Waals surface area contributed by atoms with E-state index in [1.807, 2.05) is 30.3 Å². The summed E-state index contributed by atoms with van der Waals surface area (Å²) in [4.78, 5) is 14.5. The maximum absolute atomic E-state index is 14.3. The molecule has 3 aliphatic rings. The Balaban J connectivity index is 1.56. The van der Waals surface area contributed by atoms with Gasteiger partial charge in [0.2, 0.25) is 0 Å². The first-order chi connectivity index (χ1) is 17.9. The van der Waals surface area contributed by atoms with Gasteiger partial charge in [-0.1, -0.05) is 43.2 Å². The second-order valence-electron chi connectivity index (χ2n) is 10.2. The van der Waals surface area contributed by atoms with Crippen molar-refractivity contribution in [3.05, 3.63) is 60.2 Å². The van der Waals surface area contributed by atoms with E-state index in [-0.39, 0.29) is 29.9 Å². The molecule has 9 heteroatoms.